The zero-order valence-electron chi connectivity index (χ0n) is 6.95. The summed E-state index contributed by atoms with van der Waals surface area (Å²) in [4.78, 5) is 20.7. The third-order valence-electron chi connectivity index (χ3n) is 1.38. The fourth-order valence-corrected chi connectivity index (χ4v) is 0.732. The summed E-state index contributed by atoms with van der Waals surface area (Å²) in [5.74, 6) is -1.32. The van der Waals surface area contributed by atoms with E-state index in [9.17, 15) is 9.59 Å². The number of hydrogen-bond acceptors (Lipinski definition) is 4. The number of esters is 1. The van der Waals surface area contributed by atoms with Gasteiger partial charge in [-0.25, -0.2) is 0 Å². The number of carboxylic acid groups (broad SMARTS) is 1. The van der Waals surface area contributed by atoms with Crippen molar-refractivity contribution in [1.29, 1.82) is 0 Å². The molecule has 12 heavy (non-hydrogen) atoms. The van der Waals surface area contributed by atoms with E-state index in [1.807, 2.05) is 0 Å². The van der Waals surface area contributed by atoms with Crippen LogP contribution >= 0.6 is 0 Å². The van der Waals surface area contributed by atoms with Gasteiger partial charge >= 0.3 is 11.9 Å². The van der Waals surface area contributed by atoms with Crippen LogP contribution in [0.4, 0.5) is 0 Å². The lowest BCUT2D eigenvalue weighted by atomic mass is 10.1. The highest BCUT2D eigenvalue weighted by molar-refractivity contribution is 5.70. The molecular formula is C7H13NO4. The molecule has 0 rings (SSSR count). The SMILES string of the molecule is COC(=O)CCC(N)CC(=O)O. The first-order valence-corrected chi connectivity index (χ1v) is 3.60. The van der Waals surface area contributed by atoms with Crippen LogP contribution in [0, 0.1) is 0 Å². The van der Waals surface area contributed by atoms with E-state index in [1.165, 1.54) is 7.11 Å². The van der Waals surface area contributed by atoms with Gasteiger partial charge in [0.1, 0.15) is 0 Å². The van der Waals surface area contributed by atoms with Crippen LogP contribution in [-0.4, -0.2) is 30.2 Å². The van der Waals surface area contributed by atoms with E-state index in [-0.39, 0.29) is 18.8 Å². The summed E-state index contributed by atoms with van der Waals surface area (Å²) >= 11 is 0. The topological polar surface area (TPSA) is 89.6 Å². The van der Waals surface area contributed by atoms with Crippen molar-refractivity contribution < 1.29 is 19.4 Å². The largest absolute Gasteiger partial charge is 0.481 e. The molecule has 0 aliphatic carbocycles. The number of rotatable bonds is 5. The van der Waals surface area contributed by atoms with Crippen LogP contribution in [0.5, 0.6) is 0 Å². The second-order valence-corrected chi connectivity index (χ2v) is 2.47. The Hall–Kier alpha value is -1.10. The fourth-order valence-electron chi connectivity index (χ4n) is 0.732. The number of carboxylic acids is 1. The molecule has 0 aromatic carbocycles. The molecule has 0 bridgehead atoms. The van der Waals surface area contributed by atoms with Gasteiger partial charge in [-0.1, -0.05) is 0 Å². The first-order valence-electron chi connectivity index (χ1n) is 3.60. The lowest BCUT2D eigenvalue weighted by Crippen LogP contribution is -2.24. The third kappa shape index (κ3) is 5.67. The Morgan fingerprint density at radius 3 is 2.58 bits per heavy atom. The van der Waals surface area contributed by atoms with E-state index in [4.69, 9.17) is 10.8 Å². The highest BCUT2D eigenvalue weighted by Crippen LogP contribution is 1.99. The molecule has 0 spiro atoms. The molecule has 0 aliphatic rings. The smallest absolute Gasteiger partial charge is 0.305 e. The molecular weight excluding hydrogens is 162 g/mol. The maximum atomic E-state index is 10.6. The standard InChI is InChI=1S/C7H13NO4/c1-12-7(11)3-2-5(8)4-6(9)10/h5H,2-4,8H2,1H3,(H,9,10). The molecule has 5 heteroatoms. The van der Waals surface area contributed by atoms with Gasteiger partial charge < -0.3 is 15.6 Å². The Morgan fingerprint density at radius 1 is 1.58 bits per heavy atom. The van der Waals surface area contributed by atoms with Gasteiger partial charge in [-0.05, 0) is 6.42 Å². The second-order valence-electron chi connectivity index (χ2n) is 2.47. The van der Waals surface area contributed by atoms with Crippen molar-refractivity contribution >= 4 is 11.9 Å². The predicted molar refractivity (Wildman–Crippen MR) is 41.5 cm³/mol. The average Bonchev–Trinajstić information content (AvgIpc) is 1.99. The van der Waals surface area contributed by atoms with Gasteiger partial charge in [-0.2, -0.15) is 0 Å². The first kappa shape index (κ1) is 10.9. The van der Waals surface area contributed by atoms with Crippen molar-refractivity contribution in [3.8, 4) is 0 Å². The summed E-state index contributed by atoms with van der Waals surface area (Å²) in [6, 6.07) is -0.471. The molecule has 1 atom stereocenters. The van der Waals surface area contributed by atoms with Gasteiger partial charge in [0, 0.05) is 12.5 Å². The molecule has 0 aliphatic heterocycles. The van der Waals surface area contributed by atoms with Crippen LogP contribution in [-0.2, 0) is 14.3 Å². The summed E-state index contributed by atoms with van der Waals surface area (Å²) in [7, 11) is 1.28. The monoisotopic (exact) mass is 175 g/mol. The number of hydrogen-bond donors (Lipinski definition) is 2. The summed E-state index contributed by atoms with van der Waals surface area (Å²) in [6.07, 6.45) is 0.404. The van der Waals surface area contributed by atoms with E-state index in [1.54, 1.807) is 0 Å². The van der Waals surface area contributed by atoms with E-state index >= 15 is 0 Å². The zero-order valence-corrected chi connectivity index (χ0v) is 6.95. The van der Waals surface area contributed by atoms with E-state index in [2.05, 4.69) is 4.74 Å². The minimum absolute atomic E-state index is 0.114. The maximum Gasteiger partial charge on any atom is 0.305 e. The Labute approximate surface area is 70.5 Å². The zero-order chi connectivity index (χ0) is 9.56. The summed E-state index contributed by atoms with van der Waals surface area (Å²) in [5, 5.41) is 8.31. The van der Waals surface area contributed by atoms with Crippen LogP contribution in [0.3, 0.4) is 0 Å². The van der Waals surface area contributed by atoms with Crippen LogP contribution in [0.15, 0.2) is 0 Å². The predicted octanol–water partition coefficient (Wildman–Crippen LogP) is -0.258. The summed E-state index contributed by atoms with van der Waals surface area (Å²) in [6.45, 7) is 0. The Kier molecular flexibility index (Phi) is 5.03. The minimum atomic E-state index is -0.952. The Morgan fingerprint density at radius 2 is 2.17 bits per heavy atom. The van der Waals surface area contributed by atoms with Crippen molar-refractivity contribution in [2.75, 3.05) is 7.11 Å². The molecule has 0 saturated heterocycles. The van der Waals surface area contributed by atoms with Crippen LogP contribution in [0.2, 0.25) is 0 Å². The number of aliphatic carboxylic acids is 1. The number of ether oxygens (including phenoxy) is 1. The Balaban J connectivity index is 3.50. The van der Waals surface area contributed by atoms with Gasteiger partial charge in [0.2, 0.25) is 0 Å². The highest BCUT2D eigenvalue weighted by atomic mass is 16.5. The molecule has 70 valence electrons. The molecule has 0 fully saturated rings. The van der Waals surface area contributed by atoms with Gasteiger partial charge in [-0.3, -0.25) is 9.59 Å². The van der Waals surface area contributed by atoms with Gasteiger partial charge in [-0.15, -0.1) is 0 Å². The van der Waals surface area contributed by atoms with E-state index < -0.39 is 12.0 Å². The van der Waals surface area contributed by atoms with Crippen LogP contribution in [0.25, 0.3) is 0 Å². The first-order chi connectivity index (χ1) is 5.56. The summed E-state index contributed by atoms with van der Waals surface area (Å²) in [5.41, 5.74) is 5.39. The minimum Gasteiger partial charge on any atom is -0.481 e. The highest BCUT2D eigenvalue weighted by Gasteiger charge is 2.10. The lowest BCUT2D eigenvalue weighted by Gasteiger charge is -2.06. The van der Waals surface area contributed by atoms with Crippen molar-refractivity contribution in [3.05, 3.63) is 0 Å². The van der Waals surface area contributed by atoms with Crippen LogP contribution < -0.4 is 5.73 Å². The quantitative estimate of drug-likeness (QED) is 0.562. The molecule has 0 saturated carbocycles. The third-order valence-corrected chi connectivity index (χ3v) is 1.38. The molecule has 0 radical (unpaired) electrons. The fraction of sp³-hybridized carbons (Fsp3) is 0.714. The Bertz CT molecular complexity index is 169. The molecule has 0 aromatic rings. The molecule has 0 amide bonds. The molecule has 0 aromatic heterocycles. The van der Waals surface area contributed by atoms with Gasteiger partial charge in [0.25, 0.3) is 0 Å². The lowest BCUT2D eigenvalue weighted by molar-refractivity contribution is -0.142. The molecule has 3 N–H and O–H groups in total. The van der Waals surface area contributed by atoms with Crippen LogP contribution in [0.1, 0.15) is 19.3 Å². The number of carbonyl (C=O) groups is 2. The van der Waals surface area contributed by atoms with E-state index in [0.29, 0.717) is 6.42 Å². The van der Waals surface area contributed by atoms with Gasteiger partial charge in [0.15, 0.2) is 0 Å². The summed E-state index contributed by atoms with van der Waals surface area (Å²) < 4.78 is 4.36. The van der Waals surface area contributed by atoms with Crippen molar-refractivity contribution in [2.24, 2.45) is 5.73 Å². The molecule has 5 nitrogen and oxygen atoms in total. The van der Waals surface area contributed by atoms with E-state index in [0.717, 1.165) is 0 Å². The number of carbonyl (C=O) groups excluding carboxylic acids is 1. The van der Waals surface area contributed by atoms with Crippen molar-refractivity contribution in [2.45, 2.75) is 25.3 Å². The van der Waals surface area contributed by atoms with Gasteiger partial charge in [0.05, 0.1) is 13.5 Å². The number of methoxy groups -OCH3 is 1. The van der Waals surface area contributed by atoms with Crippen molar-refractivity contribution in [1.82, 2.24) is 0 Å². The normalized spacial score (nSPS) is 12.2. The molecule has 0 heterocycles. The second kappa shape index (κ2) is 5.54. The molecule has 1 unspecified atom stereocenters. The van der Waals surface area contributed by atoms with Crippen molar-refractivity contribution in [3.63, 3.8) is 0 Å². The average molecular weight is 175 g/mol. The number of nitrogens with two attached hydrogens (primary N) is 1. The maximum absolute atomic E-state index is 10.6.